The number of carbonyl (C=O) groups is 3. The Morgan fingerprint density at radius 1 is 1.19 bits per heavy atom. The molecule has 0 aliphatic heterocycles. The van der Waals surface area contributed by atoms with Crippen LogP contribution in [-0.4, -0.2) is 46.7 Å². The van der Waals surface area contributed by atoms with E-state index in [1.165, 1.54) is 0 Å². The molecule has 1 aromatic rings. The number of aromatic nitrogens is 1. The number of amides is 1. The second-order valence-electron chi connectivity index (χ2n) is 7.47. The summed E-state index contributed by atoms with van der Waals surface area (Å²) in [5, 5.41) is 0. The SMILES string of the molecule is CCOC(=O)c1[nH]c(C)c(C(=O)[C@@H](C)N(CC2CC2)C(=O)C(C)C)c1C. The van der Waals surface area contributed by atoms with Crippen LogP contribution in [0.25, 0.3) is 0 Å². The first-order valence-electron chi connectivity index (χ1n) is 9.39. The summed E-state index contributed by atoms with van der Waals surface area (Å²) in [5.41, 5.74) is 2.01. The van der Waals surface area contributed by atoms with Crippen molar-refractivity contribution in [2.75, 3.05) is 13.2 Å². The van der Waals surface area contributed by atoms with Crippen molar-refractivity contribution in [1.82, 2.24) is 9.88 Å². The first-order chi connectivity index (χ1) is 12.2. The number of aromatic amines is 1. The van der Waals surface area contributed by atoms with Crippen molar-refractivity contribution in [2.24, 2.45) is 11.8 Å². The van der Waals surface area contributed by atoms with Crippen molar-refractivity contribution in [2.45, 2.75) is 60.4 Å². The van der Waals surface area contributed by atoms with E-state index >= 15 is 0 Å². The first-order valence-corrected chi connectivity index (χ1v) is 9.39. The molecule has 0 unspecified atom stereocenters. The average Bonchev–Trinajstić information content (AvgIpc) is 3.35. The Labute approximate surface area is 155 Å². The van der Waals surface area contributed by atoms with Crippen molar-refractivity contribution in [3.63, 3.8) is 0 Å². The van der Waals surface area contributed by atoms with Gasteiger partial charge in [-0.15, -0.1) is 0 Å². The maximum absolute atomic E-state index is 13.2. The number of hydrogen-bond donors (Lipinski definition) is 1. The van der Waals surface area contributed by atoms with Gasteiger partial charge in [0.1, 0.15) is 5.69 Å². The number of esters is 1. The van der Waals surface area contributed by atoms with Gasteiger partial charge in [-0.3, -0.25) is 9.59 Å². The third-order valence-electron chi connectivity index (χ3n) is 4.94. The zero-order valence-corrected chi connectivity index (χ0v) is 16.6. The Balaban J connectivity index is 2.30. The minimum absolute atomic E-state index is 0.00536. The number of nitrogens with zero attached hydrogens (tertiary/aromatic N) is 1. The molecule has 26 heavy (non-hydrogen) atoms. The molecule has 1 atom stereocenters. The van der Waals surface area contributed by atoms with Crippen LogP contribution < -0.4 is 0 Å². The van der Waals surface area contributed by atoms with Crippen molar-refractivity contribution >= 4 is 17.7 Å². The van der Waals surface area contributed by atoms with Gasteiger partial charge in [0, 0.05) is 23.7 Å². The van der Waals surface area contributed by atoms with Gasteiger partial charge in [0.25, 0.3) is 0 Å². The van der Waals surface area contributed by atoms with E-state index in [0.717, 1.165) is 12.8 Å². The standard InChI is InChI=1S/C20H30N2O4/c1-7-26-20(25)17-12(4)16(13(5)21-17)18(23)14(6)22(10-15-8-9-15)19(24)11(2)3/h11,14-15,21H,7-10H2,1-6H3/t14-/m1/s1. The molecule has 1 aliphatic rings. The summed E-state index contributed by atoms with van der Waals surface area (Å²) in [7, 11) is 0. The van der Waals surface area contributed by atoms with Gasteiger partial charge < -0.3 is 14.6 Å². The van der Waals surface area contributed by atoms with Crippen molar-refractivity contribution in [3.8, 4) is 0 Å². The van der Waals surface area contributed by atoms with Crippen LogP contribution in [0.15, 0.2) is 0 Å². The summed E-state index contributed by atoms with van der Waals surface area (Å²) in [5.74, 6) is -0.271. The van der Waals surface area contributed by atoms with E-state index in [4.69, 9.17) is 4.74 Å². The van der Waals surface area contributed by atoms with E-state index in [0.29, 0.717) is 35.0 Å². The van der Waals surface area contributed by atoms with Crippen LogP contribution in [0.4, 0.5) is 0 Å². The smallest absolute Gasteiger partial charge is 0.355 e. The lowest BCUT2D eigenvalue weighted by atomic mass is 9.98. The van der Waals surface area contributed by atoms with Gasteiger partial charge in [-0.2, -0.15) is 0 Å². The Morgan fingerprint density at radius 2 is 1.81 bits per heavy atom. The number of carbonyl (C=O) groups excluding carboxylic acids is 3. The summed E-state index contributed by atoms with van der Waals surface area (Å²) in [6.07, 6.45) is 2.22. The molecular weight excluding hydrogens is 332 g/mol. The minimum atomic E-state index is -0.561. The summed E-state index contributed by atoms with van der Waals surface area (Å²) >= 11 is 0. The van der Waals surface area contributed by atoms with Gasteiger partial charge in [-0.1, -0.05) is 13.8 Å². The fraction of sp³-hybridized carbons (Fsp3) is 0.650. The van der Waals surface area contributed by atoms with Crippen LogP contribution in [0.1, 0.15) is 72.6 Å². The predicted octanol–water partition coefficient (Wildman–Crippen LogP) is 3.27. The molecule has 0 aromatic carbocycles. The topological polar surface area (TPSA) is 79.5 Å². The third-order valence-corrected chi connectivity index (χ3v) is 4.94. The molecule has 1 aromatic heterocycles. The van der Waals surface area contributed by atoms with E-state index in [1.54, 1.807) is 32.6 Å². The molecule has 0 spiro atoms. The summed E-state index contributed by atoms with van der Waals surface area (Å²) in [6.45, 7) is 11.6. The fourth-order valence-corrected chi connectivity index (χ4v) is 3.23. The number of H-pyrrole nitrogens is 1. The molecular formula is C20H30N2O4. The quantitative estimate of drug-likeness (QED) is 0.568. The Hall–Kier alpha value is -2.11. The molecule has 1 amide bonds. The lowest BCUT2D eigenvalue weighted by Crippen LogP contribution is -2.46. The number of ether oxygens (including phenoxy) is 1. The largest absolute Gasteiger partial charge is 0.461 e. The van der Waals surface area contributed by atoms with Gasteiger partial charge in [-0.25, -0.2) is 4.79 Å². The van der Waals surface area contributed by atoms with Crippen LogP contribution in [0.3, 0.4) is 0 Å². The monoisotopic (exact) mass is 362 g/mol. The zero-order valence-electron chi connectivity index (χ0n) is 16.6. The molecule has 1 aliphatic carbocycles. The maximum atomic E-state index is 13.2. The lowest BCUT2D eigenvalue weighted by molar-refractivity contribution is -0.136. The highest BCUT2D eigenvalue weighted by atomic mass is 16.5. The van der Waals surface area contributed by atoms with Gasteiger partial charge >= 0.3 is 5.97 Å². The predicted molar refractivity (Wildman–Crippen MR) is 99.3 cm³/mol. The number of nitrogens with one attached hydrogen (secondary N) is 1. The highest BCUT2D eigenvalue weighted by Gasteiger charge is 2.35. The van der Waals surface area contributed by atoms with E-state index in [1.807, 2.05) is 13.8 Å². The Kier molecular flexibility index (Phi) is 6.26. The number of hydrogen-bond acceptors (Lipinski definition) is 4. The molecule has 1 heterocycles. The minimum Gasteiger partial charge on any atom is -0.461 e. The first kappa shape index (κ1) is 20.2. The van der Waals surface area contributed by atoms with Crippen LogP contribution in [0.2, 0.25) is 0 Å². The number of aryl methyl sites for hydroxylation is 1. The molecule has 0 radical (unpaired) electrons. The molecule has 6 nitrogen and oxygen atoms in total. The fourth-order valence-electron chi connectivity index (χ4n) is 3.23. The maximum Gasteiger partial charge on any atom is 0.355 e. The Morgan fingerprint density at radius 3 is 2.31 bits per heavy atom. The van der Waals surface area contributed by atoms with Crippen LogP contribution in [0, 0.1) is 25.7 Å². The van der Waals surface area contributed by atoms with Gasteiger partial charge in [0.05, 0.1) is 12.6 Å². The van der Waals surface area contributed by atoms with E-state index in [9.17, 15) is 14.4 Å². The van der Waals surface area contributed by atoms with Gasteiger partial charge in [-0.05, 0) is 52.0 Å². The van der Waals surface area contributed by atoms with E-state index in [2.05, 4.69) is 4.98 Å². The highest BCUT2D eigenvalue weighted by Crippen LogP contribution is 2.31. The number of Topliss-reactive ketones (excluding diaryl/α,β-unsaturated/α-hetero) is 1. The van der Waals surface area contributed by atoms with Crippen LogP contribution >= 0.6 is 0 Å². The van der Waals surface area contributed by atoms with Gasteiger partial charge in [0.15, 0.2) is 5.78 Å². The van der Waals surface area contributed by atoms with E-state index in [-0.39, 0.29) is 24.2 Å². The molecule has 6 heteroatoms. The summed E-state index contributed by atoms with van der Waals surface area (Å²) in [6, 6.07) is -0.561. The average molecular weight is 362 g/mol. The molecule has 1 fully saturated rings. The zero-order chi connectivity index (χ0) is 19.6. The van der Waals surface area contributed by atoms with Crippen molar-refractivity contribution < 1.29 is 19.1 Å². The van der Waals surface area contributed by atoms with Crippen LogP contribution in [-0.2, 0) is 9.53 Å². The van der Waals surface area contributed by atoms with Crippen molar-refractivity contribution in [1.29, 1.82) is 0 Å². The molecule has 0 saturated heterocycles. The van der Waals surface area contributed by atoms with Gasteiger partial charge in [0.2, 0.25) is 5.91 Å². The molecule has 1 saturated carbocycles. The summed E-state index contributed by atoms with van der Waals surface area (Å²) in [4.78, 5) is 42.6. The second-order valence-corrected chi connectivity index (χ2v) is 7.47. The molecule has 0 bridgehead atoms. The normalized spacial score (nSPS) is 15.0. The van der Waals surface area contributed by atoms with Crippen LogP contribution in [0.5, 0.6) is 0 Å². The van der Waals surface area contributed by atoms with Crippen molar-refractivity contribution in [3.05, 3.63) is 22.5 Å². The second kappa shape index (κ2) is 8.06. The number of ketones is 1. The molecule has 2 rings (SSSR count). The van der Waals surface area contributed by atoms with E-state index < -0.39 is 12.0 Å². The third kappa shape index (κ3) is 4.17. The number of rotatable bonds is 8. The lowest BCUT2D eigenvalue weighted by Gasteiger charge is -2.30. The summed E-state index contributed by atoms with van der Waals surface area (Å²) < 4.78 is 5.05. The Bertz CT molecular complexity index is 701. The highest BCUT2D eigenvalue weighted by molar-refractivity contribution is 6.06. The molecule has 1 N–H and O–H groups in total. The molecule has 144 valence electrons.